The van der Waals surface area contributed by atoms with Gasteiger partial charge in [0, 0.05) is 16.4 Å². The average Bonchev–Trinajstić information content (AvgIpc) is 2.95. The maximum absolute atomic E-state index is 12.5. The van der Waals surface area contributed by atoms with E-state index in [1.165, 1.54) is 11.1 Å². The molecule has 1 N–H and O–H groups in total. The van der Waals surface area contributed by atoms with Gasteiger partial charge in [-0.15, -0.1) is 0 Å². The molecule has 0 saturated heterocycles. The zero-order valence-electron chi connectivity index (χ0n) is 13.2. The third-order valence-corrected chi connectivity index (χ3v) is 4.94. The Hall–Kier alpha value is -2.40. The van der Waals surface area contributed by atoms with Crippen molar-refractivity contribution in [1.29, 1.82) is 0 Å². The fraction of sp³-hybridized carbons (Fsp3) is 0.158. The van der Waals surface area contributed by atoms with Gasteiger partial charge in [0.2, 0.25) is 0 Å². The fourth-order valence-electron chi connectivity index (χ4n) is 3.00. The number of nitrogens with one attached hydrogen (secondary N) is 1. The number of amides is 1. The minimum absolute atomic E-state index is 0.138. The lowest BCUT2D eigenvalue weighted by molar-refractivity contribution is 0.0949. The molecule has 0 unspecified atom stereocenters. The molecule has 1 aliphatic rings. The van der Waals surface area contributed by atoms with Crippen molar-refractivity contribution in [1.82, 2.24) is 10.4 Å². The summed E-state index contributed by atoms with van der Waals surface area (Å²) >= 11 is 3.42. The molecule has 120 valence electrons. The number of carbonyl (C=O) groups is 1. The number of hydrazine groups is 1. The van der Waals surface area contributed by atoms with Crippen LogP contribution in [0.25, 0.3) is 10.9 Å². The number of nitrogens with zero attached hydrogens (tertiary/aromatic N) is 2. The molecule has 2 aromatic carbocycles. The lowest BCUT2D eigenvalue weighted by Gasteiger charge is -2.20. The standard InChI is InChI=1S/C19H16BrN3O/c1-12-6-7-13-11-14-8-9-23(18(14)21-17(13)10-12)22-19(24)15-4-2-3-5-16(15)20/h2-7,10-11H,8-9H2,1H3,(H,22,24). The summed E-state index contributed by atoms with van der Waals surface area (Å²) in [4.78, 5) is 17.3. The van der Waals surface area contributed by atoms with Gasteiger partial charge < -0.3 is 0 Å². The summed E-state index contributed by atoms with van der Waals surface area (Å²) in [5.41, 5.74) is 6.88. The van der Waals surface area contributed by atoms with Gasteiger partial charge >= 0.3 is 0 Å². The van der Waals surface area contributed by atoms with Gasteiger partial charge in [0.25, 0.3) is 5.91 Å². The van der Waals surface area contributed by atoms with Gasteiger partial charge in [0.15, 0.2) is 5.82 Å². The molecule has 1 aliphatic heterocycles. The maximum atomic E-state index is 12.5. The van der Waals surface area contributed by atoms with Crippen LogP contribution >= 0.6 is 15.9 Å². The van der Waals surface area contributed by atoms with Crippen molar-refractivity contribution in [2.45, 2.75) is 13.3 Å². The van der Waals surface area contributed by atoms with Gasteiger partial charge in [0.05, 0.1) is 11.1 Å². The van der Waals surface area contributed by atoms with Crippen molar-refractivity contribution >= 4 is 38.6 Å². The van der Waals surface area contributed by atoms with Crippen LogP contribution in [0.2, 0.25) is 0 Å². The number of pyridine rings is 1. The number of hydrogen-bond donors (Lipinski definition) is 1. The smallest absolute Gasteiger partial charge is 0.267 e. The average molecular weight is 382 g/mol. The van der Waals surface area contributed by atoms with Gasteiger partial charge in [0.1, 0.15) is 0 Å². The molecule has 4 rings (SSSR count). The number of hydrogen-bond acceptors (Lipinski definition) is 3. The second-order valence-electron chi connectivity index (χ2n) is 5.99. The summed E-state index contributed by atoms with van der Waals surface area (Å²) < 4.78 is 0.781. The van der Waals surface area contributed by atoms with Crippen LogP contribution in [-0.4, -0.2) is 17.4 Å². The Morgan fingerprint density at radius 3 is 2.88 bits per heavy atom. The summed E-state index contributed by atoms with van der Waals surface area (Å²) in [7, 11) is 0. The third-order valence-electron chi connectivity index (χ3n) is 4.24. The van der Waals surface area contributed by atoms with Crippen molar-refractivity contribution in [3.05, 3.63) is 69.7 Å². The number of aromatic nitrogens is 1. The molecule has 0 bridgehead atoms. The molecule has 0 aliphatic carbocycles. The first-order valence-corrected chi connectivity index (χ1v) is 8.64. The van der Waals surface area contributed by atoms with Crippen molar-refractivity contribution in [2.24, 2.45) is 0 Å². The van der Waals surface area contributed by atoms with Gasteiger partial charge in [-0.25, -0.2) is 4.98 Å². The molecule has 3 aromatic rings. The number of benzene rings is 2. The molecular weight excluding hydrogens is 366 g/mol. The van der Waals surface area contributed by atoms with E-state index in [9.17, 15) is 4.79 Å². The number of fused-ring (bicyclic) bond motifs is 2. The maximum Gasteiger partial charge on any atom is 0.270 e. The molecule has 1 amide bonds. The molecule has 0 atom stereocenters. The Labute approximate surface area is 148 Å². The van der Waals surface area contributed by atoms with Gasteiger partial charge in [-0.1, -0.05) is 24.3 Å². The van der Waals surface area contributed by atoms with E-state index in [1.807, 2.05) is 23.2 Å². The summed E-state index contributed by atoms with van der Waals surface area (Å²) in [6.07, 6.45) is 0.877. The van der Waals surface area contributed by atoms with Crippen LogP contribution < -0.4 is 10.4 Å². The number of halogens is 1. The predicted octanol–water partition coefficient (Wildman–Crippen LogP) is 4.01. The normalized spacial score (nSPS) is 13.2. The molecule has 4 nitrogen and oxygen atoms in total. The topological polar surface area (TPSA) is 45.2 Å². The molecule has 1 aromatic heterocycles. The van der Waals surface area contributed by atoms with E-state index in [2.05, 4.69) is 52.5 Å². The molecular formula is C19H16BrN3O. The van der Waals surface area contributed by atoms with E-state index in [-0.39, 0.29) is 5.91 Å². The molecule has 0 fully saturated rings. The number of aryl methyl sites for hydroxylation is 1. The van der Waals surface area contributed by atoms with Crippen LogP contribution in [0.3, 0.4) is 0 Å². The second-order valence-corrected chi connectivity index (χ2v) is 6.84. The molecule has 5 heteroatoms. The number of rotatable bonds is 2. The molecule has 0 spiro atoms. The highest BCUT2D eigenvalue weighted by Crippen LogP contribution is 2.29. The van der Waals surface area contributed by atoms with Crippen LogP contribution in [0, 0.1) is 6.92 Å². The van der Waals surface area contributed by atoms with Crippen LogP contribution in [0.1, 0.15) is 21.5 Å². The lowest BCUT2D eigenvalue weighted by atomic mass is 10.1. The summed E-state index contributed by atoms with van der Waals surface area (Å²) in [6, 6.07) is 15.8. The largest absolute Gasteiger partial charge is 0.270 e. The first-order valence-electron chi connectivity index (χ1n) is 7.85. The van der Waals surface area contributed by atoms with E-state index in [1.54, 1.807) is 6.07 Å². The highest BCUT2D eigenvalue weighted by molar-refractivity contribution is 9.10. The summed E-state index contributed by atoms with van der Waals surface area (Å²) in [5, 5.41) is 2.98. The zero-order chi connectivity index (χ0) is 16.7. The Bertz CT molecular complexity index is 954. The zero-order valence-corrected chi connectivity index (χ0v) is 14.8. The van der Waals surface area contributed by atoms with E-state index in [0.717, 1.165) is 34.2 Å². The van der Waals surface area contributed by atoms with E-state index >= 15 is 0 Å². The second kappa shape index (κ2) is 5.91. The van der Waals surface area contributed by atoms with Crippen LogP contribution in [0.5, 0.6) is 0 Å². The fourth-order valence-corrected chi connectivity index (χ4v) is 3.47. The first-order chi connectivity index (χ1) is 11.6. The molecule has 0 saturated carbocycles. The van der Waals surface area contributed by atoms with Crippen molar-refractivity contribution in [3.8, 4) is 0 Å². The molecule has 24 heavy (non-hydrogen) atoms. The van der Waals surface area contributed by atoms with Gasteiger partial charge in [-0.05, 0) is 64.7 Å². The highest BCUT2D eigenvalue weighted by atomic mass is 79.9. The predicted molar refractivity (Wildman–Crippen MR) is 99.1 cm³/mol. The van der Waals surface area contributed by atoms with Crippen molar-refractivity contribution in [2.75, 3.05) is 11.6 Å². The lowest BCUT2D eigenvalue weighted by Crippen LogP contribution is -2.41. The monoisotopic (exact) mass is 381 g/mol. The van der Waals surface area contributed by atoms with Crippen LogP contribution in [-0.2, 0) is 6.42 Å². The molecule has 2 heterocycles. The van der Waals surface area contributed by atoms with Crippen LogP contribution in [0.4, 0.5) is 5.82 Å². The van der Waals surface area contributed by atoms with Gasteiger partial charge in [-0.3, -0.25) is 15.2 Å². The minimum Gasteiger partial charge on any atom is -0.267 e. The van der Waals surface area contributed by atoms with E-state index < -0.39 is 0 Å². The molecule has 0 radical (unpaired) electrons. The number of anilines is 1. The Morgan fingerprint density at radius 2 is 2.04 bits per heavy atom. The summed E-state index contributed by atoms with van der Waals surface area (Å²) in [6.45, 7) is 2.79. The van der Waals surface area contributed by atoms with E-state index in [0.29, 0.717) is 5.56 Å². The summed E-state index contributed by atoms with van der Waals surface area (Å²) in [5.74, 6) is 0.704. The Balaban J connectivity index is 1.66. The first kappa shape index (κ1) is 15.1. The van der Waals surface area contributed by atoms with Crippen molar-refractivity contribution in [3.63, 3.8) is 0 Å². The Kier molecular flexibility index (Phi) is 3.73. The van der Waals surface area contributed by atoms with Crippen molar-refractivity contribution < 1.29 is 4.79 Å². The van der Waals surface area contributed by atoms with Crippen LogP contribution in [0.15, 0.2) is 53.0 Å². The van der Waals surface area contributed by atoms with Gasteiger partial charge in [-0.2, -0.15) is 0 Å². The third kappa shape index (κ3) is 2.65. The Morgan fingerprint density at radius 1 is 1.21 bits per heavy atom. The number of carbonyl (C=O) groups excluding carboxylic acids is 1. The SMILES string of the molecule is Cc1ccc2cc3c(nc2c1)N(NC(=O)c1ccccc1Br)CC3. The highest BCUT2D eigenvalue weighted by Gasteiger charge is 2.24. The minimum atomic E-state index is -0.138. The quantitative estimate of drug-likeness (QED) is 0.729. The van der Waals surface area contributed by atoms with E-state index in [4.69, 9.17) is 4.98 Å².